The quantitative estimate of drug-likeness (QED) is 0.353. The van der Waals surface area contributed by atoms with Gasteiger partial charge in [-0.2, -0.15) is 0 Å². The van der Waals surface area contributed by atoms with Crippen LogP contribution < -0.4 is 5.32 Å². The minimum absolute atomic E-state index is 0.235. The van der Waals surface area contributed by atoms with Crippen LogP contribution in [0.5, 0.6) is 0 Å². The van der Waals surface area contributed by atoms with Crippen LogP contribution >= 0.6 is 0 Å². The van der Waals surface area contributed by atoms with Gasteiger partial charge in [0.2, 0.25) is 0 Å². The van der Waals surface area contributed by atoms with Gasteiger partial charge >= 0.3 is 5.97 Å². The van der Waals surface area contributed by atoms with Gasteiger partial charge in [0.1, 0.15) is 0 Å². The number of rotatable bonds is 9. The summed E-state index contributed by atoms with van der Waals surface area (Å²) in [6.45, 7) is 6.05. The van der Waals surface area contributed by atoms with Gasteiger partial charge in [0, 0.05) is 19.2 Å². The SMILES string of the molecule is CCOC(=O)/C=C/CNCC(CC)CCO. The highest BCUT2D eigenvalue weighted by atomic mass is 16.5. The topological polar surface area (TPSA) is 58.6 Å². The molecule has 4 heteroatoms. The Balaban J connectivity index is 3.54. The van der Waals surface area contributed by atoms with Crippen LogP contribution in [0.3, 0.4) is 0 Å². The van der Waals surface area contributed by atoms with E-state index in [1.54, 1.807) is 13.0 Å². The normalized spacial score (nSPS) is 12.9. The number of esters is 1. The molecule has 1 atom stereocenters. The molecule has 0 aromatic carbocycles. The summed E-state index contributed by atoms with van der Waals surface area (Å²) in [6.07, 6.45) is 5.06. The van der Waals surface area contributed by atoms with E-state index in [1.165, 1.54) is 6.08 Å². The lowest BCUT2D eigenvalue weighted by atomic mass is 10.0. The van der Waals surface area contributed by atoms with E-state index in [4.69, 9.17) is 9.84 Å². The van der Waals surface area contributed by atoms with Crippen molar-refractivity contribution in [2.45, 2.75) is 26.7 Å². The molecule has 0 bridgehead atoms. The van der Waals surface area contributed by atoms with Crippen molar-refractivity contribution in [2.24, 2.45) is 5.92 Å². The molecule has 0 heterocycles. The second kappa shape index (κ2) is 10.6. The lowest BCUT2D eigenvalue weighted by molar-refractivity contribution is -0.137. The van der Waals surface area contributed by atoms with Crippen LogP contribution in [0.1, 0.15) is 26.7 Å². The Morgan fingerprint density at radius 3 is 2.81 bits per heavy atom. The minimum atomic E-state index is -0.299. The average Bonchev–Trinajstić information content (AvgIpc) is 2.27. The summed E-state index contributed by atoms with van der Waals surface area (Å²) in [7, 11) is 0. The van der Waals surface area contributed by atoms with E-state index in [9.17, 15) is 4.79 Å². The molecule has 4 nitrogen and oxygen atoms in total. The Morgan fingerprint density at radius 2 is 2.25 bits per heavy atom. The predicted molar refractivity (Wildman–Crippen MR) is 64.1 cm³/mol. The van der Waals surface area contributed by atoms with Gasteiger partial charge in [-0.1, -0.05) is 19.4 Å². The van der Waals surface area contributed by atoms with Gasteiger partial charge in [-0.3, -0.25) is 0 Å². The summed E-state index contributed by atoms with van der Waals surface area (Å²) in [6, 6.07) is 0. The molecular formula is C12H23NO3. The van der Waals surface area contributed by atoms with Gasteiger partial charge in [-0.15, -0.1) is 0 Å². The van der Waals surface area contributed by atoms with E-state index in [0.717, 1.165) is 19.4 Å². The van der Waals surface area contributed by atoms with Gasteiger partial charge in [0.25, 0.3) is 0 Å². The summed E-state index contributed by atoms with van der Waals surface area (Å²) < 4.78 is 4.74. The van der Waals surface area contributed by atoms with E-state index in [0.29, 0.717) is 19.1 Å². The fourth-order valence-electron chi connectivity index (χ4n) is 1.35. The first-order valence-electron chi connectivity index (χ1n) is 5.89. The monoisotopic (exact) mass is 229 g/mol. The fraction of sp³-hybridized carbons (Fsp3) is 0.750. The first kappa shape index (κ1) is 15.1. The number of carbonyl (C=O) groups is 1. The molecule has 1 unspecified atom stereocenters. The van der Waals surface area contributed by atoms with E-state index in [1.807, 2.05) is 0 Å². The molecule has 0 saturated carbocycles. The van der Waals surface area contributed by atoms with Crippen molar-refractivity contribution in [1.82, 2.24) is 5.32 Å². The number of ether oxygens (including phenoxy) is 1. The number of hydrogen-bond acceptors (Lipinski definition) is 4. The zero-order chi connectivity index (χ0) is 12.2. The van der Waals surface area contributed by atoms with Gasteiger partial charge in [0.05, 0.1) is 6.61 Å². The van der Waals surface area contributed by atoms with Gasteiger partial charge in [0.15, 0.2) is 0 Å². The van der Waals surface area contributed by atoms with Crippen LogP contribution in [0.2, 0.25) is 0 Å². The first-order valence-corrected chi connectivity index (χ1v) is 5.89. The van der Waals surface area contributed by atoms with Crippen LogP contribution in [-0.2, 0) is 9.53 Å². The van der Waals surface area contributed by atoms with Gasteiger partial charge in [-0.25, -0.2) is 4.79 Å². The number of carbonyl (C=O) groups excluding carboxylic acids is 1. The molecule has 0 aliphatic heterocycles. The molecule has 0 rings (SSSR count). The Labute approximate surface area is 97.7 Å². The molecular weight excluding hydrogens is 206 g/mol. The van der Waals surface area contributed by atoms with Crippen molar-refractivity contribution in [2.75, 3.05) is 26.3 Å². The summed E-state index contributed by atoms with van der Waals surface area (Å²) in [5.74, 6) is 0.202. The maximum absolute atomic E-state index is 10.9. The third-order valence-corrected chi connectivity index (χ3v) is 2.35. The fourth-order valence-corrected chi connectivity index (χ4v) is 1.35. The second-order valence-electron chi connectivity index (χ2n) is 3.60. The number of aliphatic hydroxyl groups excluding tert-OH is 1. The van der Waals surface area contributed by atoms with Crippen LogP contribution in [0.15, 0.2) is 12.2 Å². The Bertz CT molecular complexity index is 204. The highest BCUT2D eigenvalue weighted by Gasteiger charge is 2.03. The number of hydrogen-bond donors (Lipinski definition) is 2. The smallest absolute Gasteiger partial charge is 0.330 e. The van der Waals surface area contributed by atoms with Crippen LogP contribution in [0.4, 0.5) is 0 Å². The Kier molecular flexibility index (Phi) is 10.1. The molecule has 0 radical (unpaired) electrons. The van der Waals surface area contributed by atoms with Crippen LogP contribution in [-0.4, -0.2) is 37.4 Å². The second-order valence-corrected chi connectivity index (χ2v) is 3.60. The van der Waals surface area contributed by atoms with Crippen LogP contribution in [0.25, 0.3) is 0 Å². The highest BCUT2D eigenvalue weighted by Crippen LogP contribution is 2.04. The molecule has 0 spiro atoms. The summed E-state index contributed by atoms with van der Waals surface area (Å²) in [4.78, 5) is 10.9. The highest BCUT2D eigenvalue weighted by molar-refractivity contribution is 5.81. The van der Waals surface area contributed by atoms with Crippen molar-refractivity contribution in [3.05, 3.63) is 12.2 Å². The maximum atomic E-state index is 10.9. The zero-order valence-corrected chi connectivity index (χ0v) is 10.2. The van der Waals surface area contributed by atoms with E-state index in [-0.39, 0.29) is 12.6 Å². The molecule has 0 aliphatic carbocycles. The zero-order valence-electron chi connectivity index (χ0n) is 10.2. The molecule has 16 heavy (non-hydrogen) atoms. The molecule has 0 amide bonds. The Hall–Kier alpha value is -0.870. The lowest BCUT2D eigenvalue weighted by Crippen LogP contribution is -2.23. The molecule has 94 valence electrons. The summed E-state index contributed by atoms with van der Waals surface area (Å²) >= 11 is 0. The van der Waals surface area contributed by atoms with Gasteiger partial charge < -0.3 is 15.2 Å². The lowest BCUT2D eigenvalue weighted by Gasteiger charge is -2.12. The third kappa shape index (κ3) is 8.44. The van der Waals surface area contributed by atoms with Crippen molar-refractivity contribution in [3.63, 3.8) is 0 Å². The minimum Gasteiger partial charge on any atom is -0.463 e. The van der Waals surface area contributed by atoms with Crippen molar-refractivity contribution >= 4 is 5.97 Å². The number of aliphatic hydroxyl groups is 1. The summed E-state index contributed by atoms with van der Waals surface area (Å²) in [5.41, 5.74) is 0. The van der Waals surface area contributed by atoms with E-state index in [2.05, 4.69) is 12.2 Å². The largest absolute Gasteiger partial charge is 0.463 e. The average molecular weight is 229 g/mol. The van der Waals surface area contributed by atoms with Gasteiger partial charge in [-0.05, 0) is 25.8 Å². The number of nitrogens with one attached hydrogen (secondary N) is 1. The molecule has 0 saturated heterocycles. The van der Waals surface area contributed by atoms with Crippen molar-refractivity contribution in [1.29, 1.82) is 0 Å². The molecule has 0 aliphatic rings. The molecule has 0 aromatic heterocycles. The van der Waals surface area contributed by atoms with Crippen LogP contribution in [0, 0.1) is 5.92 Å². The van der Waals surface area contributed by atoms with Crippen molar-refractivity contribution in [3.8, 4) is 0 Å². The molecule has 0 aromatic rings. The third-order valence-electron chi connectivity index (χ3n) is 2.35. The van der Waals surface area contributed by atoms with E-state index >= 15 is 0 Å². The standard InChI is InChI=1S/C12H23NO3/c1-3-11(7-9-14)10-13-8-5-6-12(15)16-4-2/h5-6,11,13-14H,3-4,7-10H2,1-2H3/b6-5+. The molecule has 2 N–H and O–H groups in total. The Morgan fingerprint density at radius 1 is 1.50 bits per heavy atom. The van der Waals surface area contributed by atoms with E-state index < -0.39 is 0 Å². The predicted octanol–water partition coefficient (Wildman–Crippen LogP) is 1.10. The van der Waals surface area contributed by atoms with Crippen molar-refractivity contribution < 1.29 is 14.6 Å². The maximum Gasteiger partial charge on any atom is 0.330 e. The molecule has 0 fully saturated rings. The summed E-state index contributed by atoms with van der Waals surface area (Å²) in [5, 5.41) is 12.0. The first-order chi connectivity index (χ1) is 7.74.